The van der Waals surface area contributed by atoms with Crippen molar-refractivity contribution in [3.05, 3.63) is 64.7 Å². The first-order valence-corrected chi connectivity index (χ1v) is 9.33. The highest BCUT2D eigenvalue weighted by molar-refractivity contribution is 6.31. The molecule has 0 spiro atoms. The summed E-state index contributed by atoms with van der Waals surface area (Å²) in [6.07, 6.45) is 3.25. The minimum Gasteiger partial charge on any atom is -0.471 e. The van der Waals surface area contributed by atoms with Crippen molar-refractivity contribution >= 4 is 17.5 Å². The van der Waals surface area contributed by atoms with E-state index in [1.807, 2.05) is 12.1 Å². The first-order valence-electron chi connectivity index (χ1n) is 8.95. The highest BCUT2D eigenvalue weighted by Gasteiger charge is 2.14. The summed E-state index contributed by atoms with van der Waals surface area (Å²) in [5.41, 5.74) is 2.38. The van der Waals surface area contributed by atoms with Crippen LogP contribution >= 0.6 is 11.6 Å². The number of amides is 1. The molecule has 0 unspecified atom stereocenters. The van der Waals surface area contributed by atoms with Gasteiger partial charge in [0, 0.05) is 13.2 Å². The van der Waals surface area contributed by atoms with Crippen LogP contribution in [0, 0.1) is 0 Å². The summed E-state index contributed by atoms with van der Waals surface area (Å²) in [5, 5.41) is 11.6. The molecule has 7 nitrogen and oxygen atoms in total. The number of carbonyl (C=O) groups is 1. The summed E-state index contributed by atoms with van der Waals surface area (Å²) in [6, 6.07) is 9.64. The number of nitrogens with zero attached hydrogens (tertiary/aromatic N) is 4. The van der Waals surface area contributed by atoms with Crippen LogP contribution < -0.4 is 10.1 Å². The molecule has 1 aromatic carbocycles. The van der Waals surface area contributed by atoms with E-state index in [2.05, 4.69) is 48.4 Å². The zero-order chi connectivity index (χ0) is 20.3. The molecule has 0 radical (unpaired) electrons. The molecule has 1 amide bonds. The van der Waals surface area contributed by atoms with Crippen molar-refractivity contribution in [2.24, 2.45) is 7.05 Å². The van der Waals surface area contributed by atoms with Crippen LogP contribution in [-0.2, 0) is 25.7 Å². The first-order chi connectivity index (χ1) is 13.2. The number of benzene rings is 1. The van der Waals surface area contributed by atoms with E-state index in [0.717, 1.165) is 11.4 Å². The number of hydrogen-bond acceptors (Lipinski definition) is 4. The van der Waals surface area contributed by atoms with E-state index in [0.29, 0.717) is 10.7 Å². The minimum absolute atomic E-state index is 0.0997. The molecule has 2 heterocycles. The molecule has 0 saturated carbocycles. The number of aromatic nitrogens is 4. The monoisotopic (exact) mass is 401 g/mol. The molecular weight excluding hydrogens is 378 g/mol. The van der Waals surface area contributed by atoms with Gasteiger partial charge in [-0.15, -0.1) is 0 Å². The van der Waals surface area contributed by atoms with E-state index >= 15 is 0 Å². The van der Waals surface area contributed by atoms with Crippen molar-refractivity contribution in [3.63, 3.8) is 0 Å². The molecule has 0 bridgehead atoms. The fraction of sp³-hybridized carbons (Fsp3) is 0.350. The van der Waals surface area contributed by atoms with E-state index in [-0.39, 0.29) is 24.6 Å². The van der Waals surface area contributed by atoms with Crippen LogP contribution in [0.3, 0.4) is 0 Å². The van der Waals surface area contributed by atoms with Crippen LogP contribution in [0.1, 0.15) is 42.5 Å². The number of rotatable bonds is 6. The second-order valence-electron chi connectivity index (χ2n) is 7.53. The molecule has 3 rings (SSSR count). The molecule has 0 aliphatic rings. The maximum atomic E-state index is 12.3. The van der Waals surface area contributed by atoms with Gasteiger partial charge >= 0.3 is 0 Å². The van der Waals surface area contributed by atoms with Gasteiger partial charge in [0.15, 0.2) is 6.73 Å². The topological polar surface area (TPSA) is 74.0 Å². The molecule has 0 saturated heterocycles. The molecule has 1 N–H and O–H groups in total. The Morgan fingerprint density at radius 1 is 1.21 bits per heavy atom. The fourth-order valence-corrected chi connectivity index (χ4v) is 2.87. The van der Waals surface area contributed by atoms with Gasteiger partial charge in [-0.05, 0) is 29.2 Å². The largest absolute Gasteiger partial charge is 0.471 e. The summed E-state index contributed by atoms with van der Waals surface area (Å²) < 4.78 is 8.94. The predicted molar refractivity (Wildman–Crippen MR) is 107 cm³/mol. The zero-order valence-corrected chi connectivity index (χ0v) is 17.2. The quantitative estimate of drug-likeness (QED) is 0.685. The molecule has 8 heteroatoms. The number of ether oxygens (including phenoxy) is 1. The standard InChI is InChI=1S/C20H24ClN5O2/c1-20(2,3)14-5-7-15(8-6-14)28-13-26-10-9-17(24-26)19(27)22-12-18-16(21)11-23-25(18)4/h5-11H,12-13H2,1-4H3,(H,22,27). The number of nitrogens with one attached hydrogen (secondary N) is 1. The Balaban J connectivity index is 1.54. The van der Waals surface area contributed by atoms with Crippen LogP contribution in [0.2, 0.25) is 5.02 Å². The highest BCUT2D eigenvalue weighted by Crippen LogP contribution is 2.24. The van der Waals surface area contributed by atoms with Gasteiger partial charge in [-0.2, -0.15) is 10.2 Å². The molecular formula is C20H24ClN5O2. The average molecular weight is 402 g/mol. The SMILES string of the molecule is Cn1ncc(Cl)c1CNC(=O)c1ccn(COc2ccc(C(C)(C)C)cc2)n1. The van der Waals surface area contributed by atoms with Crippen LogP contribution in [0.5, 0.6) is 5.75 Å². The van der Waals surface area contributed by atoms with Gasteiger partial charge in [-0.1, -0.05) is 44.5 Å². The van der Waals surface area contributed by atoms with Crippen molar-refractivity contribution in [1.29, 1.82) is 0 Å². The minimum atomic E-state index is -0.287. The second-order valence-corrected chi connectivity index (χ2v) is 7.94. The number of halogens is 1. The van der Waals surface area contributed by atoms with Gasteiger partial charge in [-0.25, -0.2) is 4.68 Å². The molecule has 0 atom stereocenters. The lowest BCUT2D eigenvalue weighted by Gasteiger charge is -2.19. The molecule has 0 fully saturated rings. The molecule has 2 aromatic heterocycles. The Bertz CT molecular complexity index is 934. The smallest absolute Gasteiger partial charge is 0.272 e. The molecule has 148 valence electrons. The molecule has 0 aliphatic heterocycles. The lowest BCUT2D eigenvalue weighted by Crippen LogP contribution is -2.25. The van der Waals surface area contributed by atoms with Crippen molar-refractivity contribution in [3.8, 4) is 5.75 Å². The third-order valence-electron chi connectivity index (χ3n) is 4.38. The maximum Gasteiger partial charge on any atom is 0.272 e. The lowest BCUT2D eigenvalue weighted by molar-refractivity contribution is 0.0943. The normalized spacial score (nSPS) is 11.5. The van der Waals surface area contributed by atoms with Gasteiger partial charge in [0.1, 0.15) is 11.4 Å². The lowest BCUT2D eigenvalue weighted by atomic mass is 9.87. The summed E-state index contributed by atoms with van der Waals surface area (Å²) in [7, 11) is 1.77. The number of carbonyl (C=O) groups excluding carboxylic acids is 1. The third kappa shape index (κ3) is 4.72. The summed E-state index contributed by atoms with van der Waals surface area (Å²) in [5.74, 6) is 0.464. The van der Waals surface area contributed by atoms with Crippen molar-refractivity contribution < 1.29 is 9.53 Å². The van der Waals surface area contributed by atoms with Gasteiger partial charge in [0.25, 0.3) is 5.91 Å². The highest BCUT2D eigenvalue weighted by atomic mass is 35.5. The van der Waals surface area contributed by atoms with E-state index in [1.165, 1.54) is 5.56 Å². The second kappa shape index (κ2) is 8.06. The van der Waals surface area contributed by atoms with E-state index in [4.69, 9.17) is 16.3 Å². The Kier molecular flexibility index (Phi) is 5.74. The Labute approximate surface area is 169 Å². The van der Waals surface area contributed by atoms with E-state index < -0.39 is 0 Å². The van der Waals surface area contributed by atoms with Crippen LogP contribution in [0.25, 0.3) is 0 Å². The Morgan fingerprint density at radius 2 is 1.93 bits per heavy atom. The van der Waals surface area contributed by atoms with E-state index in [1.54, 1.807) is 34.9 Å². The van der Waals surface area contributed by atoms with E-state index in [9.17, 15) is 4.79 Å². The average Bonchev–Trinajstić information content (AvgIpc) is 3.25. The Hall–Kier alpha value is -2.80. The summed E-state index contributed by atoms with van der Waals surface area (Å²) >= 11 is 6.04. The number of aryl methyl sites for hydroxylation is 1. The molecule has 3 aromatic rings. The summed E-state index contributed by atoms with van der Waals surface area (Å²) in [4.78, 5) is 12.3. The van der Waals surface area contributed by atoms with Gasteiger partial charge in [-0.3, -0.25) is 9.48 Å². The number of hydrogen-bond donors (Lipinski definition) is 1. The molecule has 28 heavy (non-hydrogen) atoms. The first kappa shape index (κ1) is 19.9. The predicted octanol–water partition coefficient (Wildman–Crippen LogP) is 3.53. The van der Waals surface area contributed by atoms with Crippen molar-refractivity contribution in [2.45, 2.75) is 39.5 Å². The van der Waals surface area contributed by atoms with Crippen molar-refractivity contribution in [2.75, 3.05) is 0 Å². The Morgan fingerprint density at radius 3 is 2.54 bits per heavy atom. The van der Waals surface area contributed by atoms with Gasteiger partial charge in [0.2, 0.25) is 0 Å². The fourth-order valence-electron chi connectivity index (χ4n) is 2.64. The van der Waals surface area contributed by atoms with Gasteiger partial charge in [0.05, 0.1) is 23.5 Å². The van der Waals surface area contributed by atoms with Gasteiger partial charge < -0.3 is 10.1 Å². The van der Waals surface area contributed by atoms with Crippen LogP contribution in [-0.4, -0.2) is 25.5 Å². The maximum absolute atomic E-state index is 12.3. The summed E-state index contributed by atoms with van der Waals surface area (Å²) in [6.45, 7) is 7.00. The van der Waals surface area contributed by atoms with Crippen LogP contribution in [0.4, 0.5) is 0 Å². The van der Waals surface area contributed by atoms with Crippen molar-refractivity contribution in [1.82, 2.24) is 24.9 Å². The third-order valence-corrected chi connectivity index (χ3v) is 4.70. The van der Waals surface area contributed by atoms with Crippen LogP contribution in [0.15, 0.2) is 42.7 Å². The molecule has 0 aliphatic carbocycles. The zero-order valence-electron chi connectivity index (χ0n) is 16.4.